The maximum Gasteiger partial charge on any atom is 0.289 e. The lowest BCUT2D eigenvalue weighted by atomic mass is 9.78. The molecule has 142 valence electrons. The summed E-state index contributed by atoms with van der Waals surface area (Å²) in [6.45, 7) is 4.80. The quantitative estimate of drug-likeness (QED) is 0.813. The first-order valence-electron chi connectivity index (χ1n) is 9.13. The molecule has 4 heterocycles. The summed E-state index contributed by atoms with van der Waals surface area (Å²) >= 11 is 0. The smallest absolute Gasteiger partial charge is 0.289 e. The zero-order valence-corrected chi connectivity index (χ0v) is 15.4. The van der Waals surface area contributed by atoms with Crippen LogP contribution in [-0.2, 0) is 16.8 Å². The Morgan fingerprint density at radius 1 is 1.22 bits per heavy atom. The number of carbonyl (C=O) groups is 2. The van der Waals surface area contributed by atoms with Gasteiger partial charge in [0.2, 0.25) is 5.91 Å². The van der Waals surface area contributed by atoms with Crippen LogP contribution in [0.4, 0.5) is 0 Å². The summed E-state index contributed by atoms with van der Waals surface area (Å²) in [4.78, 5) is 48.0. The molecule has 2 aromatic rings. The fraction of sp³-hybridized carbons (Fsp3) is 0.474. The number of aromatic nitrogens is 2. The van der Waals surface area contributed by atoms with Gasteiger partial charge >= 0.3 is 0 Å². The number of aromatic amines is 1. The third-order valence-electron chi connectivity index (χ3n) is 5.62. The summed E-state index contributed by atoms with van der Waals surface area (Å²) in [7, 11) is 0. The van der Waals surface area contributed by atoms with E-state index in [-0.39, 0.29) is 23.0 Å². The average Bonchev–Trinajstić information content (AvgIpc) is 3.11. The SMILES string of the molecule is CC(=O)N1CCc2[nH]cnc2C12CCN(C(=O)c1cc(=O)cc(C)o1)CC2. The number of piperidine rings is 1. The van der Waals surface area contributed by atoms with Crippen molar-refractivity contribution in [1.82, 2.24) is 19.8 Å². The van der Waals surface area contributed by atoms with Gasteiger partial charge in [0.05, 0.1) is 17.6 Å². The van der Waals surface area contributed by atoms with Gasteiger partial charge in [-0.1, -0.05) is 0 Å². The van der Waals surface area contributed by atoms with E-state index < -0.39 is 5.54 Å². The first-order chi connectivity index (χ1) is 12.9. The van der Waals surface area contributed by atoms with Crippen molar-refractivity contribution < 1.29 is 14.0 Å². The number of amides is 2. The molecule has 0 aromatic carbocycles. The Morgan fingerprint density at radius 2 is 1.96 bits per heavy atom. The lowest BCUT2D eigenvalue weighted by molar-refractivity contribution is -0.139. The third kappa shape index (κ3) is 2.85. The first-order valence-corrected chi connectivity index (χ1v) is 9.13. The van der Waals surface area contributed by atoms with E-state index in [2.05, 4.69) is 9.97 Å². The highest BCUT2D eigenvalue weighted by molar-refractivity contribution is 5.91. The highest BCUT2D eigenvalue weighted by atomic mass is 16.3. The van der Waals surface area contributed by atoms with Crippen LogP contribution in [-0.4, -0.2) is 51.2 Å². The number of hydrogen-bond donors (Lipinski definition) is 1. The molecular formula is C19H22N4O4. The zero-order valence-electron chi connectivity index (χ0n) is 15.4. The van der Waals surface area contributed by atoms with Crippen molar-refractivity contribution in [3.8, 4) is 0 Å². The molecule has 2 aliphatic heterocycles. The highest BCUT2D eigenvalue weighted by Gasteiger charge is 2.48. The van der Waals surface area contributed by atoms with E-state index in [0.717, 1.165) is 17.8 Å². The van der Waals surface area contributed by atoms with Crippen LogP contribution in [0.25, 0.3) is 0 Å². The van der Waals surface area contributed by atoms with E-state index in [1.807, 2.05) is 4.90 Å². The summed E-state index contributed by atoms with van der Waals surface area (Å²) in [5.41, 5.74) is 1.26. The first kappa shape index (κ1) is 17.5. The maximum atomic E-state index is 12.8. The molecule has 8 heteroatoms. The van der Waals surface area contributed by atoms with E-state index in [9.17, 15) is 14.4 Å². The highest BCUT2D eigenvalue weighted by Crippen LogP contribution is 2.42. The van der Waals surface area contributed by atoms with Crippen molar-refractivity contribution in [1.29, 1.82) is 0 Å². The van der Waals surface area contributed by atoms with Gasteiger partial charge in [-0.3, -0.25) is 14.4 Å². The topological polar surface area (TPSA) is 99.5 Å². The standard InChI is InChI=1S/C19H22N4O4/c1-12-9-14(25)10-16(27-12)18(26)22-7-4-19(5-8-22)17-15(20-11-21-17)3-6-23(19)13(2)24/h9-11H,3-8H2,1-2H3,(H,20,21). The second-order valence-corrected chi connectivity index (χ2v) is 7.24. The monoisotopic (exact) mass is 370 g/mol. The Bertz CT molecular complexity index is 953. The number of nitrogens with one attached hydrogen (secondary N) is 1. The maximum absolute atomic E-state index is 12.8. The van der Waals surface area contributed by atoms with E-state index in [1.165, 1.54) is 12.1 Å². The predicted octanol–water partition coefficient (Wildman–Crippen LogP) is 1.21. The molecule has 0 atom stereocenters. The van der Waals surface area contributed by atoms with Crippen LogP contribution in [0.2, 0.25) is 0 Å². The third-order valence-corrected chi connectivity index (χ3v) is 5.62. The Labute approximate surface area is 156 Å². The Balaban J connectivity index is 1.60. The Hall–Kier alpha value is -2.90. The lowest BCUT2D eigenvalue weighted by Gasteiger charge is -2.50. The number of aryl methyl sites for hydroxylation is 1. The summed E-state index contributed by atoms with van der Waals surface area (Å²) in [5.74, 6) is 0.199. The van der Waals surface area contributed by atoms with Crippen LogP contribution >= 0.6 is 0 Å². The van der Waals surface area contributed by atoms with Crippen molar-refractivity contribution in [2.45, 2.75) is 38.6 Å². The molecule has 2 aliphatic rings. The minimum absolute atomic E-state index is 0.0214. The van der Waals surface area contributed by atoms with Crippen molar-refractivity contribution in [2.75, 3.05) is 19.6 Å². The van der Waals surface area contributed by atoms with Crippen molar-refractivity contribution in [3.63, 3.8) is 0 Å². The van der Waals surface area contributed by atoms with Crippen molar-refractivity contribution in [2.24, 2.45) is 0 Å². The molecular weight excluding hydrogens is 348 g/mol. The number of nitrogens with zero attached hydrogens (tertiary/aromatic N) is 3. The van der Waals surface area contributed by atoms with Crippen molar-refractivity contribution >= 4 is 11.8 Å². The minimum Gasteiger partial charge on any atom is -0.456 e. The molecule has 1 saturated heterocycles. The van der Waals surface area contributed by atoms with Gasteiger partial charge in [0, 0.05) is 50.8 Å². The van der Waals surface area contributed by atoms with Gasteiger partial charge in [0.1, 0.15) is 5.76 Å². The summed E-state index contributed by atoms with van der Waals surface area (Å²) in [6, 6.07) is 2.59. The molecule has 0 radical (unpaired) electrons. The number of hydrogen-bond acceptors (Lipinski definition) is 5. The van der Waals surface area contributed by atoms with Crippen LogP contribution in [0.5, 0.6) is 0 Å². The lowest BCUT2D eigenvalue weighted by Crippen LogP contribution is -2.58. The van der Waals surface area contributed by atoms with E-state index in [4.69, 9.17) is 4.42 Å². The van der Waals surface area contributed by atoms with Crippen LogP contribution in [0, 0.1) is 6.92 Å². The van der Waals surface area contributed by atoms with Crippen LogP contribution in [0.15, 0.2) is 27.7 Å². The molecule has 1 spiro atoms. The molecule has 0 unspecified atom stereocenters. The van der Waals surface area contributed by atoms with Crippen LogP contribution in [0.3, 0.4) is 0 Å². The Kier molecular flexibility index (Phi) is 4.13. The largest absolute Gasteiger partial charge is 0.456 e. The number of fused-ring (bicyclic) bond motifs is 2. The second-order valence-electron chi connectivity index (χ2n) is 7.24. The van der Waals surface area contributed by atoms with Gasteiger partial charge in [0.15, 0.2) is 11.2 Å². The molecule has 0 saturated carbocycles. The molecule has 2 amide bonds. The molecule has 4 rings (SSSR count). The van der Waals surface area contributed by atoms with Gasteiger partial charge in [0.25, 0.3) is 5.91 Å². The van der Waals surface area contributed by atoms with Gasteiger partial charge < -0.3 is 19.2 Å². The van der Waals surface area contributed by atoms with Gasteiger partial charge in [-0.05, 0) is 19.8 Å². The molecule has 2 aromatic heterocycles. The Morgan fingerprint density at radius 3 is 2.63 bits per heavy atom. The minimum atomic E-state index is -0.483. The summed E-state index contributed by atoms with van der Waals surface area (Å²) in [6.07, 6.45) is 3.64. The number of rotatable bonds is 1. The average molecular weight is 370 g/mol. The van der Waals surface area contributed by atoms with Crippen LogP contribution in [0.1, 0.15) is 47.5 Å². The fourth-order valence-electron chi connectivity index (χ4n) is 4.39. The summed E-state index contributed by atoms with van der Waals surface area (Å²) in [5, 5.41) is 0. The van der Waals surface area contributed by atoms with Gasteiger partial charge in [-0.25, -0.2) is 4.98 Å². The van der Waals surface area contributed by atoms with Crippen LogP contribution < -0.4 is 5.43 Å². The molecule has 1 fully saturated rings. The molecule has 27 heavy (non-hydrogen) atoms. The van der Waals surface area contributed by atoms with E-state index in [1.54, 1.807) is 25.1 Å². The second kappa shape index (κ2) is 6.37. The van der Waals surface area contributed by atoms with Crippen molar-refractivity contribution in [3.05, 3.63) is 51.6 Å². The number of imidazole rings is 1. The molecule has 0 bridgehead atoms. The van der Waals surface area contributed by atoms with E-state index in [0.29, 0.717) is 38.2 Å². The number of likely N-dealkylation sites (tertiary alicyclic amines) is 1. The molecule has 8 nitrogen and oxygen atoms in total. The predicted molar refractivity (Wildman–Crippen MR) is 96.2 cm³/mol. The van der Waals surface area contributed by atoms with E-state index >= 15 is 0 Å². The normalized spacial score (nSPS) is 18.4. The number of H-pyrrole nitrogens is 1. The van der Waals surface area contributed by atoms with Gasteiger partial charge in [-0.15, -0.1) is 0 Å². The fourth-order valence-corrected chi connectivity index (χ4v) is 4.39. The number of carbonyl (C=O) groups excluding carboxylic acids is 2. The molecule has 0 aliphatic carbocycles. The zero-order chi connectivity index (χ0) is 19.2. The summed E-state index contributed by atoms with van der Waals surface area (Å²) < 4.78 is 5.44. The van der Waals surface area contributed by atoms with Gasteiger partial charge in [-0.2, -0.15) is 0 Å². The molecule has 1 N–H and O–H groups in total.